The number of ketones is 1. The molecule has 120 valence electrons. The molecule has 0 saturated carbocycles. The van der Waals surface area contributed by atoms with Crippen molar-refractivity contribution >= 4 is 5.78 Å². The number of rotatable bonds is 2. The van der Waals surface area contributed by atoms with E-state index in [0.29, 0.717) is 5.57 Å². The van der Waals surface area contributed by atoms with Crippen molar-refractivity contribution < 1.29 is 9.53 Å². The molecule has 1 aliphatic heterocycles. The molecule has 3 nitrogen and oxygen atoms in total. The van der Waals surface area contributed by atoms with Crippen LogP contribution >= 0.6 is 0 Å². The first kappa shape index (κ1) is 16.0. The number of Topliss-reactive ketones (excluding diaryl/α,β-unsaturated/α-hetero) is 1. The molecule has 3 atom stereocenters. The Morgan fingerprint density at radius 2 is 1.96 bits per heavy atom. The summed E-state index contributed by atoms with van der Waals surface area (Å²) in [6, 6.07) is 12.4. The molecule has 2 aliphatic rings. The van der Waals surface area contributed by atoms with Gasteiger partial charge in [-0.15, -0.1) is 0 Å². The van der Waals surface area contributed by atoms with E-state index < -0.39 is 5.41 Å². The van der Waals surface area contributed by atoms with E-state index >= 15 is 0 Å². The number of carbonyl (C=O) groups is 1. The summed E-state index contributed by atoms with van der Waals surface area (Å²) in [7, 11) is 0. The van der Waals surface area contributed by atoms with Crippen LogP contribution < -0.4 is 0 Å². The van der Waals surface area contributed by atoms with Crippen LogP contribution in [-0.2, 0) is 16.0 Å². The third-order valence-electron chi connectivity index (χ3n) is 5.32. The molecule has 23 heavy (non-hydrogen) atoms. The maximum atomic E-state index is 12.6. The van der Waals surface area contributed by atoms with Crippen molar-refractivity contribution in [2.75, 3.05) is 0 Å². The average molecular weight is 309 g/mol. The second-order valence-electron chi connectivity index (χ2n) is 7.59. The molecule has 1 saturated heterocycles. The smallest absolute Gasteiger partial charge is 0.181 e. The molecule has 1 aliphatic carbocycles. The normalized spacial score (nSPS) is 32.6. The second-order valence-corrected chi connectivity index (χ2v) is 7.59. The topological polar surface area (TPSA) is 50.1 Å². The summed E-state index contributed by atoms with van der Waals surface area (Å²) in [6.07, 6.45) is 4.55. The highest BCUT2D eigenvalue weighted by atomic mass is 16.5. The molecule has 0 amide bonds. The number of hydrogen-bond donors (Lipinski definition) is 0. The molecule has 0 bridgehead atoms. The number of nitriles is 1. The quantitative estimate of drug-likeness (QED) is 0.834. The molecule has 0 N–H and O–H groups in total. The van der Waals surface area contributed by atoms with E-state index in [4.69, 9.17) is 4.74 Å². The van der Waals surface area contributed by atoms with E-state index in [0.717, 1.165) is 19.3 Å². The zero-order valence-electron chi connectivity index (χ0n) is 14.0. The first-order valence-electron chi connectivity index (χ1n) is 8.24. The fourth-order valence-electron chi connectivity index (χ4n) is 4.13. The van der Waals surface area contributed by atoms with Crippen molar-refractivity contribution in [1.82, 2.24) is 0 Å². The van der Waals surface area contributed by atoms with Gasteiger partial charge in [0.15, 0.2) is 5.78 Å². The van der Waals surface area contributed by atoms with Crippen LogP contribution in [0.4, 0.5) is 0 Å². The van der Waals surface area contributed by atoms with Crippen LogP contribution in [0.15, 0.2) is 42.0 Å². The van der Waals surface area contributed by atoms with Gasteiger partial charge >= 0.3 is 0 Å². The summed E-state index contributed by atoms with van der Waals surface area (Å²) < 4.78 is 6.40. The van der Waals surface area contributed by atoms with E-state index in [2.05, 4.69) is 25.1 Å². The second kappa shape index (κ2) is 5.62. The predicted molar refractivity (Wildman–Crippen MR) is 88.6 cm³/mol. The Morgan fingerprint density at radius 3 is 2.61 bits per heavy atom. The van der Waals surface area contributed by atoms with Gasteiger partial charge in [-0.25, -0.2) is 0 Å². The largest absolute Gasteiger partial charge is 0.373 e. The lowest BCUT2D eigenvalue weighted by Crippen LogP contribution is -2.56. The van der Waals surface area contributed by atoms with Gasteiger partial charge < -0.3 is 4.74 Å². The molecule has 1 aromatic carbocycles. The highest BCUT2D eigenvalue weighted by Gasteiger charge is 2.54. The van der Waals surface area contributed by atoms with Crippen molar-refractivity contribution in [3.05, 3.63) is 47.5 Å². The van der Waals surface area contributed by atoms with E-state index in [1.54, 1.807) is 0 Å². The van der Waals surface area contributed by atoms with E-state index in [1.165, 1.54) is 5.56 Å². The molecule has 3 rings (SSSR count). The molecule has 1 aromatic rings. The standard InChI is InChI=1S/C20H23NO2/c1-19(2)17(22)15(13-21)12-20(3)10-9-16(23-18(19)20)11-14-7-5-4-6-8-14/h4-8,12,16,18H,9-11H2,1-3H3/t16-,18-,20-/m0/s1. The number of nitrogens with zero attached hydrogens (tertiary/aromatic N) is 1. The minimum absolute atomic E-state index is 0.0946. The molecular formula is C20H23NO2. The molecular weight excluding hydrogens is 286 g/mol. The minimum atomic E-state index is -0.663. The van der Waals surface area contributed by atoms with Gasteiger partial charge in [0.1, 0.15) is 6.07 Å². The maximum absolute atomic E-state index is 12.6. The lowest BCUT2D eigenvalue weighted by atomic mass is 9.60. The van der Waals surface area contributed by atoms with E-state index in [-0.39, 0.29) is 23.4 Å². The Labute approximate surface area is 138 Å². The van der Waals surface area contributed by atoms with Crippen LogP contribution in [0.3, 0.4) is 0 Å². The van der Waals surface area contributed by atoms with Crippen molar-refractivity contribution in [3.8, 4) is 6.07 Å². The van der Waals surface area contributed by atoms with Gasteiger partial charge in [-0.05, 0) is 38.7 Å². The van der Waals surface area contributed by atoms with Crippen LogP contribution in [0.1, 0.15) is 39.2 Å². The van der Waals surface area contributed by atoms with Gasteiger partial charge in [-0.2, -0.15) is 5.26 Å². The SMILES string of the molecule is CC1(C)C(=O)C(C#N)=C[C@]2(C)CC[C@@H](Cc3ccccc3)O[C@@H]12. The molecule has 3 heteroatoms. The third kappa shape index (κ3) is 2.72. The zero-order chi connectivity index (χ0) is 16.7. The third-order valence-corrected chi connectivity index (χ3v) is 5.32. The highest BCUT2D eigenvalue weighted by molar-refractivity contribution is 6.04. The number of fused-ring (bicyclic) bond motifs is 1. The lowest BCUT2D eigenvalue weighted by Gasteiger charge is -2.51. The van der Waals surface area contributed by atoms with Crippen molar-refractivity contribution in [3.63, 3.8) is 0 Å². The van der Waals surface area contributed by atoms with Crippen molar-refractivity contribution in [2.24, 2.45) is 10.8 Å². The molecule has 1 heterocycles. The predicted octanol–water partition coefficient (Wildman–Crippen LogP) is 3.84. The molecule has 1 fully saturated rings. The zero-order valence-corrected chi connectivity index (χ0v) is 14.0. The van der Waals surface area contributed by atoms with Crippen LogP contribution in [0, 0.1) is 22.2 Å². The number of benzene rings is 1. The number of ether oxygens (including phenoxy) is 1. The van der Waals surface area contributed by atoms with Crippen LogP contribution in [0.5, 0.6) is 0 Å². The Morgan fingerprint density at radius 1 is 1.26 bits per heavy atom. The fourth-order valence-corrected chi connectivity index (χ4v) is 4.13. The van der Waals surface area contributed by atoms with E-state index in [1.807, 2.05) is 38.1 Å². The number of allylic oxidation sites excluding steroid dienone is 1. The summed E-state index contributed by atoms with van der Waals surface area (Å²) in [5, 5.41) is 9.27. The first-order valence-corrected chi connectivity index (χ1v) is 8.24. The van der Waals surface area contributed by atoms with E-state index in [9.17, 15) is 10.1 Å². The number of carbonyl (C=O) groups excluding carboxylic acids is 1. The van der Waals surface area contributed by atoms with Gasteiger partial charge in [0, 0.05) is 5.41 Å². The average Bonchev–Trinajstić information content (AvgIpc) is 2.54. The minimum Gasteiger partial charge on any atom is -0.373 e. The molecule has 0 unspecified atom stereocenters. The van der Waals surface area contributed by atoms with Crippen LogP contribution in [0.2, 0.25) is 0 Å². The molecule has 0 radical (unpaired) electrons. The fraction of sp³-hybridized carbons (Fsp3) is 0.500. The summed E-state index contributed by atoms with van der Waals surface area (Å²) in [6.45, 7) is 5.93. The summed E-state index contributed by atoms with van der Waals surface area (Å²) >= 11 is 0. The van der Waals surface area contributed by atoms with Crippen molar-refractivity contribution in [1.29, 1.82) is 5.26 Å². The summed E-state index contributed by atoms with van der Waals surface area (Å²) in [5.74, 6) is -0.0946. The monoisotopic (exact) mass is 309 g/mol. The Hall–Kier alpha value is -1.92. The van der Waals surface area contributed by atoms with Gasteiger partial charge in [-0.1, -0.05) is 43.3 Å². The summed E-state index contributed by atoms with van der Waals surface area (Å²) in [4.78, 5) is 12.6. The van der Waals surface area contributed by atoms with Gasteiger partial charge in [0.05, 0.1) is 23.2 Å². The first-order chi connectivity index (χ1) is 10.9. The van der Waals surface area contributed by atoms with Crippen LogP contribution in [0.25, 0.3) is 0 Å². The van der Waals surface area contributed by atoms with Gasteiger partial charge in [0.2, 0.25) is 0 Å². The van der Waals surface area contributed by atoms with Crippen molar-refractivity contribution in [2.45, 2.75) is 52.2 Å². The Bertz CT molecular complexity index is 683. The lowest BCUT2D eigenvalue weighted by molar-refractivity contribution is -0.170. The molecule has 0 spiro atoms. The Kier molecular flexibility index (Phi) is 3.90. The Balaban J connectivity index is 1.86. The molecule has 0 aromatic heterocycles. The van der Waals surface area contributed by atoms with Crippen LogP contribution in [-0.4, -0.2) is 18.0 Å². The van der Waals surface area contributed by atoms with Gasteiger partial charge in [-0.3, -0.25) is 4.79 Å². The number of hydrogen-bond acceptors (Lipinski definition) is 3. The maximum Gasteiger partial charge on any atom is 0.181 e. The highest BCUT2D eigenvalue weighted by Crippen LogP contribution is 2.50. The summed E-state index contributed by atoms with van der Waals surface area (Å²) in [5.41, 5.74) is 0.646. The van der Waals surface area contributed by atoms with Gasteiger partial charge in [0.25, 0.3) is 0 Å².